The van der Waals surface area contributed by atoms with Gasteiger partial charge in [0.2, 0.25) is 0 Å². The number of pyridine rings is 1. The summed E-state index contributed by atoms with van der Waals surface area (Å²) in [5.41, 5.74) is 0.446. The minimum absolute atomic E-state index is 0.142. The SMILES string of the molecule is O=C(NCCc1nccs1)c1ccccn1. The fraction of sp³-hybridized carbons (Fsp3) is 0.182. The lowest BCUT2D eigenvalue weighted by Crippen LogP contribution is -2.26. The quantitative estimate of drug-likeness (QED) is 0.871. The van der Waals surface area contributed by atoms with Crippen LogP contribution in [0, 0.1) is 0 Å². The summed E-state index contributed by atoms with van der Waals surface area (Å²) in [5, 5.41) is 5.76. The predicted octanol–water partition coefficient (Wildman–Crippen LogP) is 1.51. The standard InChI is InChI=1S/C11H11N3OS/c15-11(9-3-1-2-5-12-9)14-6-4-10-13-7-8-16-10/h1-3,5,7-8H,4,6H2,(H,14,15). The second kappa shape index (κ2) is 5.37. The summed E-state index contributed by atoms with van der Waals surface area (Å²) in [6.07, 6.45) is 4.13. The van der Waals surface area contributed by atoms with Gasteiger partial charge in [0.25, 0.3) is 5.91 Å². The van der Waals surface area contributed by atoms with Gasteiger partial charge in [0.1, 0.15) is 5.69 Å². The molecule has 82 valence electrons. The third-order valence-electron chi connectivity index (χ3n) is 2.01. The largest absolute Gasteiger partial charge is 0.350 e. The van der Waals surface area contributed by atoms with Crippen molar-refractivity contribution in [2.45, 2.75) is 6.42 Å². The molecule has 1 N–H and O–H groups in total. The molecule has 4 nitrogen and oxygen atoms in total. The summed E-state index contributed by atoms with van der Waals surface area (Å²) in [5.74, 6) is -0.142. The Hall–Kier alpha value is -1.75. The molecule has 0 fully saturated rings. The third kappa shape index (κ3) is 2.87. The van der Waals surface area contributed by atoms with E-state index in [1.54, 1.807) is 41.9 Å². The maximum Gasteiger partial charge on any atom is 0.269 e. The van der Waals surface area contributed by atoms with Gasteiger partial charge in [-0.1, -0.05) is 6.07 Å². The first-order chi connectivity index (χ1) is 7.86. The molecule has 0 saturated heterocycles. The minimum atomic E-state index is -0.142. The molecule has 0 aromatic carbocycles. The first kappa shape index (κ1) is 10.8. The molecule has 0 bridgehead atoms. The lowest BCUT2D eigenvalue weighted by molar-refractivity contribution is 0.0949. The molecule has 2 heterocycles. The van der Waals surface area contributed by atoms with Gasteiger partial charge in [0.05, 0.1) is 5.01 Å². The van der Waals surface area contributed by atoms with Gasteiger partial charge in [-0.05, 0) is 12.1 Å². The highest BCUT2D eigenvalue weighted by Crippen LogP contribution is 2.03. The van der Waals surface area contributed by atoms with Gasteiger partial charge < -0.3 is 5.32 Å². The van der Waals surface area contributed by atoms with E-state index < -0.39 is 0 Å². The van der Waals surface area contributed by atoms with Gasteiger partial charge in [0.15, 0.2) is 0 Å². The molecule has 5 heteroatoms. The van der Waals surface area contributed by atoms with Crippen LogP contribution >= 0.6 is 11.3 Å². The number of aromatic nitrogens is 2. The highest BCUT2D eigenvalue weighted by Gasteiger charge is 2.05. The zero-order chi connectivity index (χ0) is 11.2. The number of amides is 1. The van der Waals surface area contributed by atoms with Crippen LogP contribution in [0.5, 0.6) is 0 Å². The number of nitrogens with one attached hydrogen (secondary N) is 1. The summed E-state index contributed by atoms with van der Waals surface area (Å²) in [6.45, 7) is 0.586. The number of thiazole rings is 1. The van der Waals surface area contributed by atoms with Crippen LogP contribution < -0.4 is 5.32 Å². The molecule has 0 spiro atoms. The van der Waals surface area contributed by atoms with Crippen molar-refractivity contribution in [1.29, 1.82) is 0 Å². The van der Waals surface area contributed by atoms with Crippen LogP contribution in [0.4, 0.5) is 0 Å². The van der Waals surface area contributed by atoms with Crippen molar-refractivity contribution >= 4 is 17.2 Å². The van der Waals surface area contributed by atoms with E-state index in [9.17, 15) is 4.79 Å². The average Bonchev–Trinajstić information content (AvgIpc) is 2.83. The van der Waals surface area contributed by atoms with Crippen LogP contribution in [0.2, 0.25) is 0 Å². The van der Waals surface area contributed by atoms with Crippen molar-refractivity contribution in [3.8, 4) is 0 Å². The van der Waals surface area contributed by atoms with Gasteiger partial charge in [-0.2, -0.15) is 0 Å². The molecule has 0 atom stereocenters. The Bertz CT molecular complexity index is 442. The zero-order valence-corrected chi connectivity index (χ0v) is 9.41. The van der Waals surface area contributed by atoms with Gasteiger partial charge >= 0.3 is 0 Å². The van der Waals surface area contributed by atoms with Crippen molar-refractivity contribution in [3.05, 3.63) is 46.7 Å². The van der Waals surface area contributed by atoms with E-state index in [1.807, 2.05) is 5.38 Å². The number of nitrogens with zero attached hydrogens (tertiary/aromatic N) is 2. The summed E-state index contributed by atoms with van der Waals surface area (Å²) >= 11 is 1.59. The van der Waals surface area contributed by atoms with Crippen LogP contribution in [0.1, 0.15) is 15.5 Å². The molecule has 0 aliphatic carbocycles. The third-order valence-corrected chi connectivity index (χ3v) is 2.84. The number of hydrogen-bond donors (Lipinski definition) is 1. The van der Waals surface area contributed by atoms with Crippen LogP contribution in [0.15, 0.2) is 36.0 Å². The Morgan fingerprint density at radius 1 is 1.31 bits per heavy atom. The number of carbonyl (C=O) groups is 1. The van der Waals surface area contributed by atoms with Crippen molar-refractivity contribution < 1.29 is 4.79 Å². The van der Waals surface area contributed by atoms with Crippen LogP contribution in [-0.2, 0) is 6.42 Å². The highest BCUT2D eigenvalue weighted by molar-refractivity contribution is 7.09. The molecule has 0 saturated carbocycles. The van der Waals surface area contributed by atoms with E-state index in [0.717, 1.165) is 11.4 Å². The lowest BCUT2D eigenvalue weighted by atomic mass is 10.3. The first-order valence-corrected chi connectivity index (χ1v) is 5.82. The molecule has 0 aliphatic rings. The Morgan fingerprint density at radius 3 is 2.94 bits per heavy atom. The molecule has 2 rings (SSSR count). The second-order valence-corrected chi connectivity index (χ2v) is 4.13. The second-order valence-electron chi connectivity index (χ2n) is 3.15. The first-order valence-electron chi connectivity index (χ1n) is 4.94. The van der Waals surface area contributed by atoms with E-state index in [2.05, 4.69) is 15.3 Å². The van der Waals surface area contributed by atoms with Crippen LogP contribution in [0.25, 0.3) is 0 Å². The van der Waals surface area contributed by atoms with E-state index in [1.165, 1.54) is 0 Å². The van der Waals surface area contributed by atoms with E-state index in [-0.39, 0.29) is 5.91 Å². The van der Waals surface area contributed by atoms with Crippen molar-refractivity contribution in [1.82, 2.24) is 15.3 Å². The summed E-state index contributed by atoms with van der Waals surface area (Å²) < 4.78 is 0. The Morgan fingerprint density at radius 2 is 2.25 bits per heavy atom. The van der Waals surface area contributed by atoms with Crippen LogP contribution in [0.3, 0.4) is 0 Å². The maximum absolute atomic E-state index is 11.6. The van der Waals surface area contributed by atoms with Gasteiger partial charge in [-0.25, -0.2) is 4.98 Å². The Balaban J connectivity index is 1.81. The topological polar surface area (TPSA) is 54.9 Å². The molecular weight excluding hydrogens is 222 g/mol. The molecule has 1 amide bonds. The number of carbonyl (C=O) groups excluding carboxylic acids is 1. The zero-order valence-electron chi connectivity index (χ0n) is 8.59. The molecule has 16 heavy (non-hydrogen) atoms. The molecule has 0 radical (unpaired) electrons. The molecule has 2 aromatic heterocycles. The van der Waals surface area contributed by atoms with Crippen molar-refractivity contribution in [3.63, 3.8) is 0 Å². The lowest BCUT2D eigenvalue weighted by Gasteiger charge is -2.02. The van der Waals surface area contributed by atoms with Gasteiger partial charge in [-0.3, -0.25) is 9.78 Å². The van der Waals surface area contributed by atoms with E-state index in [0.29, 0.717) is 12.2 Å². The summed E-state index contributed by atoms with van der Waals surface area (Å²) in [6, 6.07) is 5.27. The molecule has 0 unspecified atom stereocenters. The molecular formula is C11H11N3OS. The number of hydrogen-bond acceptors (Lipinski definition) is 4. The minimum Gasteiger partial charge on any atom is -0.350 e. The molecule has 2 aromatic rings. The smallest absolute Gasteiger partial charge is 0.269 e. The number of rotatable bonds is 4. The van der Waals surface area contributed by atoms with E-state index >= 15 is 0 Å². The predicted molar refractivity (Wildman–Crippen MR) is 62.4 cm³/mol. The van der Waals surface area contributed by atoms with Crippen molar-refractivity contribution in [2.75, 3.05) is 6.54 Å². The Kier molecular flexibility index (Phi) is 3.61. The highest BCUT2D eigenvalue weighted by atomic mass is 32.1. The van der Waals surface area contributed by atoms with Crippen molar-refractivity contribution in [2.24, 2.45) is 0 Å². The molecule has 0 aliphatic heterocycles. The van der Waals surface area contributed by atoms with Crippen LogP contribution in [-0.4, -0.2) is 22.4 Å². The summed E-state index contributed by atoms with van der Waals surface area (Å²) in [4.78, 5) is 19.7. The average molecular weight is 233 g/mol. The summed E-state index contributed by atoms with van der Waals surface area (Å²) in [7, 11) is 0. The van der Waals surface area contributed by atoms with E-state index in [4.69, 9.17) is 0 Å². The fourth-order valence-corrected chi connectivity index (χ4v) is 1.87. The monoisotopic (exact) mass is 233 g/mol. The Labute approximate surface area is 97.4 Å². The normalized spacial score (nSPS) is 10.0. The fourth-order valence-electron chi connectivity index (χ4n) is 1.25. The van der Waals surface area contributed by atoms with Gasteiger partial charge in [-0.15, -0.1) is 11.3 Å². The maximum atomic E-state index is 11.6. The van der Waals surface area contributed by atoms with Gasteiger partial charge in [0, 0.05) is 30.7 Å².